The molecular formula is C10H9BrN2O2. The van der Waals surface area contributed by atoms with E-state index < -0.39 is 5.91 Å². The molecule has 1 aromatic carbocycles. The Morgan fingerprint density at radius 2 is 2.27 bits per heavy atom. The number of fused-ring (bicyclic) bond motifs is 1. The van der Waals surface area contributed by atoms with Gasteiger partial charge in [-0.25, -0.2) is 0 Å². The summed E-state index contributed by atoms with van der Waals surface area (Å²) in [4.78, 5) is 23.9. The molecule has 1 aliphatic rings. The van der Waals surface area contributed by atoms with Crippen molar-refractivity contribution >= 4 is 27.7 Å². The molecule has 0 radical (unpaired) electrons. The first-order valence-corrected chi connectivity index (χ1v) is 5.23. The molecule has 0 saturated carbocycles. The lowest BCUT2D eigenvalue weighted by Gasteiger charge is -2.11. The van der Waals surface area contributed by atoms with E-state index in [4.69, 9.17) is 5.73 Å². The molecule has 0 bridgehead atoms. The van der Waals surface area contributed by atoms with E-state index in [0.29, 0.717) is 12.1 Å². The quantitative estimate of drug-likeness (QED) is 0.866. The van der Waals surface area contributed by atoms with Gasteiger partial charge in [-0.15, -0.1) is 0 Å². The molecule has 0 spiro atoms. The summed E-state index contributed by atoms with van der Waals surface area (Å²) in [5.41, 5.74) is 6.64. The summed E-state index contributed by atoms with van der Waals surface area (Å²) in [5.74, 6) is -0.619. The van der Waals surface area contributed by atoms with Crippen molar-refractivity contribution in [3.8, 4) is 0 Å². The lowest BCUT2D eigenvalue weighted by molar-refractivity contribution is -0.118. The maximum Gasteiger partial charge on any atom is 0.254 e. The van der Waals surface area contributed by atoms with Crippen molar-refractivity contribution < 1.29 is 9.59 Å². The van der Waals surface area contributed by atoms with Crippen LogP contribution in [-0.2, 0) is 11.3 Å². The SMILES string of the molecule is NC(=O)CN1Cc2cc(Br)ccc2C1=O. The zero-order chi connectivity index (χ0) is 11.0. The van der Waals surface area contributed by atoms with Crippen molar-refractivity contribution in [1.29, 1.82) is 0 Å². The molecular weight excluding hydrogens is 260 g/mol. The summed E-state index contributed by atoms with van der Waals surface area (Å²) in [6.07, 6.45) is 0. The molecule has 78 valence electrons. The molecule has 0 aliphatic carbocycles. The van der Waals surface area contributed by atoms with E-state index in [0.717, 1.165) is 10.0 Å². The molecule has 2 amide bonds. The van der Waals surface area contributed by atoms with Crippen LogP contribution >= 0.6 is 15.9 Å². The molecule has 0 atom stereocenters. The molecule has 2 rings (SSSR count). The highest BCUT2D eigenvalue weighted by molar-refractivity contribution is 9.10. The molecule has 0 aromatic heterocycles. The molecule has 1 aliphatic heterocycles. The first-order chi connectivity index (χ1) is 7.08. The van der Waals surface area contributed by atoms with Gasteiger partial charge >= 0.3 is 0 Å². The van der Waals surface area contributed by atoms with E-state index >= 15 is 0 Å². The highest BCUT2D eigenvalue weighted by Gasteiger charge is 2.27. The van der Waals surface area contributed by atoms with Gasteiger partial charge < -0.3 is 10.6 Å². The van der Waals surface area contributed by atoms with Gasteiger partial charge in [0.2, 0.25) is 5.91 Å². The van der Waals surface area contributed by atoms with Gasteiger partial charge in [-0.2, -0.15) is 0 Å². The number of halogens is 1. The molecule has 2 N–H and O–H groups in total. The number of hydrogen-bond donors (Lipinski definition) is 1. The van der Waals surface area contributed by atoms with Crippen molar-refractivity contribution in [3.63, 3.8) is 0 Å². The summed E-state index contributed by atoms with van der Waals surface area (Å²) >= 11 is 3.33. The van der Waals surface area contributed by atoms with Crippen LogP contribution in [0.4, 0.5) is 0 Å². The molecule has 15 heavy (non-hydrogen) atoms. The Hall–Kier alpha value is -1.36. The third-order valence-electron chi connectivity index (χ3n) is 2.29. The molecule has 0 unspecified atom stereocenters. The third kappa shape index (κ3) is 1.87. The Balaban J connectivity index is 2.29. The van der Waals surface area contributed by atoms with Crippen LogP contribution in [0.15, 0.2) is 22.7 Å². The number of amides is 2. The van der Waals surface area contributed by atoms with Crippen LogP contribution in [0.25, 0.3) is 0 Å². The number of nitrogens with two attached hydrogens (primary N) is 1. The lowest BCUT2D eigenvalue weighted by Crippen LogP contribution is -2.33. The van der Waals surface area contributed by atoms with Crippen LogP contribution in [0.3, 0.4) is 0 Å². The molecule has 5 heteroatoms. The average molecular weight is 269 g/mol. The predicted octanol–water partition coefficient (Wildman–Crippen LogP) is 0.890. The number of carbonyl (C=O) groups is 2. The standard InChI is InChI=1S/C10H9BrN2O2/c11-7-1-2-8-6(3-7)4-13(10(8)15)5-9(12)14/h1-3H,4-5H2,(H2,12,14). The molecule has 1 aromatic rings. The zero-order valence-electron chi connectivity index (χ0n) is 7.87. The van der Waals surface area contributed by atoms with Crippen molar-refractivity contribution in [2.75, 3.05) is 6.54 Å². The Bertz CT molecular complexity index is 445. The second kappa shape index (κ2) is 3.66. The summed E-state index contributed by atoms with van der Waals surface area (Å²) in [5, 5.41) is 0. The smallest absolute Gasteiger partial charge is 0.254 e. The van der Waals surface area contributed by atoms with Crippen molar-refractivity contribution in [1.82, 2.24) is 4.90 Å². The topological polar surface area (TPSA) is 63.4 Å². The van der Waals surface area contributed by atoms with E-state index in [1.807, 2.05) is 12.1 Å². The fourth-order valence-electron chi connectivity index (χ4n) is 1.67. The van der Waals surface area contributed by atoms with Crippen molar-refractivity contribution in [2.45, 2.75) is 6.54 Å². The number of benzene rings is 1. The number of nitrogens with zero attached hydrogens (tertiary/aromatic N) is 1. The minimum absolute atomic E-state index is 0.0227. The normalized spacial score (nSPS) is 14.2. The van der Waals surface area contributed by atoms with E-state index in [1.165, 1.54) is 4.90 Å². The van der Waals surface area contributed by atoms with E-state index in [9.17, 15) is 9.59 Å². The lowest BCUT2D eigenvalue weighted by atomic mass is 10.1. The zero-order valence-corrected chi connectivity index (χ0v) is 9.45. The highest BCUT2D eigenvalue weighted by atomic mass is 79.9. The van der Waals surface area contributed by atoms with Crippen LogP contribution in [0, 0.1) is 0 Å². The number of rotatable bonds is 2. The van der Waals surface area contributed by atoms with Gasteiger partial charge in [0.05, 0.1) is 6.54 Å². The second-order valence-corrected chi connectivity index (χ2v) is 4.34. The van der Waals surface area contributed by atoms with Crippen LogP contribution in [0.1, 0.15) is 15.9 Å². The maximum absolute atomic E-state index is 11.7. The Morgan fingerprint density at radius 3 is 2.93 bits per heavy atom. The fraction of sp³-hybridized carbons (Fsp3) is 0.200. The Morgan fingerprint density at radius 1 is 1.53 bits per heavy atom. The minimum atomic E-state index is -0.491. The van der Waals surface area contributed by atoms with Crippen molar-refractivity contribution in [3.05, 3.63) is 33.8 Å². The van der Waals surface area contributed by atoms with Gasteiger partial charge in [-0.3, -0.25) is 9.59 Å². The summed E-state index contributed by atoms with van der Waals surface area (Å²) in [6, 6.07) is 5.45. The summed E-state index contributed by atoms with van der Waals surface area (Å²) in [7, 11) is 0. The van der Waals surface area contributed by atoms with Crippen LogP contribution in [0.2, 0.25) is 0 Å². The van der Waals surface area contributed by atoms with Crippen LogP contribution in [-0.4, -0.2) is 23.3 Å². The van der Waals surface area contributed by atoms with Gasteiger partial charge in [0.25, 0.3) is 5.91 Å². The van der Waals surface area contributed by atoms with E-state index in [1.54, 1.807) is 6.07 Å². The number of hydrogen-bond acceptors (Lipinski definition) is 2. The van der Waals surface area contributed by atoms with Gasteiger partial charge in [-0.1, -0.05) is 15.9 Å². The van der Waals surface area contributed by atoms with Gasteiger partial charge in [0.1, 0.15) is 0 Å². The highest BCUT2D eigenvalue weighted by Crippen LogP contribution is 2.25. The summed E-state index contributed by atoms with van der Waals surface area (Å²) in [6.45, 7) is 0.432. The third-order valence-corrected chi connectivity index (χ3v) is 2.79. The summed E-state index contributed by atoms with van der Waals surface area (Å²) < 4.78 is 0.926. The van der Waals surface area contributed by atoms with Crippen LogP contribution in [0.5, 0.6) is 0 Å². The Kier molecular flexibility index (Phi) is 2.48. The molecule has 4 nitrogen and oxygen atoms in total. The van der Waals surface area contributed by atoms with Crippen LogP contribution < -0.4 is 5.73 Å². The minimum Gasteiger partial charge on any atom is -0.368 e. The fourth-order valence-corrected chi connectivity index (χ4v) is 2.07. The number of carbonyl (C=O) groups excluding carboxylic acids is 2. The average Bonchev–Trinajstić information content (AvgIpc) is 2.42. The maximum atomic E-state index is 11.7. The van der Waals surface area contributed by atoms with Crippen molar-refractivity contribution in [2.24, 2.45) is 5.73 Å². The van der Waals surface area contributed by atoms with Gasteiger partial charge in [0.15, 0.2) is 0 Å². The molecule has 0 saturated heterocycles. The predicted molar refractivity (Wildman–Crippen MR) is 58.1 cm³/mol. The monoisotopic (exact) mass is 268 g/mol. The molecule has 0 fully saturated rings. The Labute approximate surface area is 95.2 Å². The van der Waals surface area contributed by atoms with E-state index in [-0.39, 0.29) is 12.5 Å². The van der Waals surface area contributed by atoms with E-state index in [2.05, 4.69) is 15.9 Å². The largest absolute Gasteiger partial charge is 0.368 e. The van der Waals surface area contributed by atoms with Gasteiger partial charge in [-0.05, 0) is 23.8 Å². The number of primary amides is 1. The first-order valence-electron chi connectivity index (χ1n) is 4.44. The van der Waals surface area contributed by atoms with Gasteiger partial charge in [0, 0.05) is 16.6 Å². The second-order valence-electron chi connectivity index (χ2n) is 3.43. The first kappa shape index (κ1) is 10.2. The molecule has 1 heterocycles.